The Hall–Kier alpha value is -2.60. The van der Waals surface area contributed by atoms with Gasteiger partial charge in [0.1, 0.15) is 5.82 Å². The van der Waals surface area contributed by atoms with Crippen LogP contribution in [0.25, 0.3) is 0 Å². The summed E-state index contributed by atoms with van der Waals surface area (Å²) in [5.41, 5.74) is 3.89. The van der Waals surface area contributed by atoms with Crippen molar-refractivity contribution in [1.29, 1.82) is 0 Å². The van der Waals surface area contributed by atoms with Crippen LogP contribution in [0.1, 0.15) is 17.5 Å². The maximum atomic E-state index is 13.9. The van der Waals surface area contributed by atoms with Crippen molar-refractivity contribution in [2.45, 2.75) is 31.4 Å². The highest BCUT2D eigenvalue weighted by atomic mass is 19.1. The first kappa shape index (κ1) is 17.8. The van der Waals surface area contributed by atoms with Gasteiger partial charge in [0.2, 0.25) is 0 Å². The lowest BCUT2D eigenvalue weighted by Crippen LogP contribution is -2.39. The summed E-state index contributed by atoms with van der Waals surface area (Å²) >= 11 is 0. The molecule has 2 aromatic carbocycles. The van der Waals surface area contributed by atoms with Crippen molar-refractivity contribution in [1.82, 2.24) is 5.32 Å². The molecule has 27 heavy (non-hydrogen) atoms. The number of hydrogen-bond donors (Lipinski definition) is 2. The lowest BCUT2D eigenvalue weighted by Gasteiger charge is -2.19. The lowest BCUT2D eigenvalue weighted by molar-refractivity contribution is 0.112. The van der Waals surface area contributed by atoms with E-state index in [1.54, 1.807) is 19.2 Å². The number of nitrogens with zero attached hydrogens (tertiary/aromatic N) is 1. The van der Waals surface area contributed by atoms with Gasteiger partial charge in [-0.2, -0.15) is 0 Å². The van der Waals surface area contributed by atoms with Gasteiger partial charge in [0.05, 0.1) is 11.8 Å². The second kappa shape index (κ2) is 7.56. The van der Waals surface area contributed by atoms with E-state index < -0.39 is 0 Å². The number of carbonyl (C=O) groups is 1. The average Bonchev–Trinajstić information content (AvgIpc) is 3.28. The summed E-state index contributed by atoms with van der Waals surface area (Å²) in [5, 5.41) is 5.91. The number of para-hydroxylation sites is 1. The fraction of sp³-hybridized carbons (Fsp3) is 0.381. The van der Waals surface area contributed by atoms with Crippen molar-refractivity contribution in [3.63, 3.8) is 0 Å². The molecule has 6 heteroatoms. The molecule has 2 aliphatic rings. The molecular formula is C21H24FN3O2. The molecule has 0 saturated carbocycles. The van der Waals surface area contributed by atoms with Gasteiger partial charge in [-0.3, -0.25) is 0 Å². The monoisotopic (exact) mass is 369 g/mol. The van der Waals surface area contributed by atoms with Crippen molar-refractivity contribution in [2.75, 3.05) is 30.4 Å². The molecule has 0 spiro atoms. The van der Waals surface area contributed by atoms with Crippen LogP contribution in [0.3, 0.4) is 0 Å². The van der Waals surface area contributed by atoms with Gasteiger partial charge in [-0.05, 0) is 54.7 Å². The zero-order valence-corrected chi connectivity index (χ0v) is 15.4. The minimum atomic E-state index is -0.227. The first-order valence-corrected chi connectivity index (χ1v) is 9.34. The SMILES string of the molecule is COC1Cc2ccc(NC(=O)NC3CCN(c4ccccc4F)C3)cc2C1. The quantitative estimate of drug-likeness (QED) is 0.869. The fourth-order valence-corrected chi connectivity index (χ4v) is 3.98. The van der Waals surface area contributed by atoms with E-state index in [-0.39, 0.29) is 24.0 Å². The number of ether oxygens (including phenoxy) is 1. The van der Waals surface area contributed by atoms with Crippen LogP contribution in [0, 0.1) is 5.82 Å². The van der Waals surface area contributed by atoms with Gasteiger partial charge in [0.25, 0.3) is 0 Å². The number of halogens is 1. The van der Waals surface area contributed by atoms with Crippen molar-refractivity contribution in [3.05, 3.63) is 59.4 Å². The van der Waals surface area contributed by atoms with Crippen LogP contribution in [-0.4, -0.2) is 38.4 Å². The molecule has 1 fully saturated rings. The summed E-state index contributed by atoms with van der Waals surface area (Å²) in [6.45, 7) is 1.33. The summed E-state index contributed by atoms with van der Waals surface area (Å²) in [7, 11) is 1.73. The molecule has 2 unspecified atom stereocenters. The summed E-state index contributed by atoms with van der Waals surface area (Å²) in [6, 6.07) is 12.5. The molecule has 0 aromatic heterocycles. The highest BCUT2D eigenvalue weighted by molar-refractivity contribution is 5.89. The molecule has 1 aliphatic heterocycles. The number of carbonyl (C=O) groups excluding carboxylic acids is 1. The Balaban J connectivity index is 1.32. The Morgan fingerprint density at radius 3 is 2.81 bits per heavy atom. The molecule has 2 N–H and O–H groups in total. The van der Waals surface area contributed by atoms with Crippen LogP contribution >= 0.6 is 0 Å². The first-order chi connectivity index (χ1) is 13.1. The molecule has 1 aliphatic carbocycles. The zero-order chi connectivity index (χ0) is 18.8. The normalized spacial score (nSPS) is 21.2. The van der Waals surface area contributed by atoms with Gasteiger partial charge in [-0.1, -0.05) is 18.2 Å². The van der Waals surface area contributed by atoms with E-state index in [1.165, 1.54) is 17.2 Å². The van der Waals surface area contributed by atoms with Gasteiger partial charge in [0, 0.05) is 31.9 Å². The third-order valence-corrected chi connectivity index (χ3v) is 5.41. The van der Waals surface area contributed by atoms with Crippen LogP contribution in [0.15, 0.2) is 42.5 Å². The summed E-state index contributed by atoms with van der Waals surface area (Å²) in [6.07, 6.45) is 2.82. The summed E-state index contributed by atoms with van der Waals surface area (Å²) < 4.78 is 19.4. The number of benzene rings is 2. The standard InChI is InChI=1S/C21H24FN3O2/c1-27-18-11-14-6-7-16(10-15(14)12-18)23-21(26)24-17-8-9-25(13-17)20-5-3-2-4-19(20)22/h2-7,10,17-18H,8-9,11-13H2,1H3,(H2,23,24,26). The number of methoxy groups -OCH3 is 1. The Morgan fingerprint density at radius 1 is 1.19 bits per heavy atom. The third kappa shape index (κ3) is 3.90. The Labute approximate surface area is 158 Å². The summed E-state index contributed by atoms with van der Waals surface area (Å²) in [5.74, 6) is -0.227. The molecule has 1 heterocycles. The third-order valence-electron chi connectivity index (χ3n) is 5.41. The topological polar surface area (TPSA) is 53.6 Å². The minimum Gasteiger partial charge on any atom is -0.381 e. The van der Waals surface area contributed by atoms with Crippen molar-refractivity contribution in [3.8, 4) is 0 Å². The Kier molecular flexibility index (Phi) is 4.99. The molecule has 142 valence electrons. The number of anilines is 2. The van der Waals surface area contributed by atoms with Crippen LogP contribution in [0.2, 0.25) is 0 Å². The molecule has 4 rings (SSSR count). The molecule has 2 aromatic rings. The zero-order valence-electron chi connectivity index (χ0n) is 15.4. The summed E-state index contributed by atoms with van der Waals surface area (Å²) in [4.78, 5) is 14.3. The Bertz CT molecular complexity index is 842. The van der Waals surface area contributed by atoms with Crippen molar-refractivity contribution < 1.29 is 13.9 Å². The first-order valence-electron chi connectivity index (χ1n) is 9.34. The molecule has 0 radical (unpaired) electrons. The van der Waals surface area contributed by atoms with Crippen molar-refractivity contribution >= 4 is 17.4 Å². The average molecular weight is 369 g/mol. The predicted molar refractivity (Wildman–Crippen MR) is 104 cm³/mol. The number of rotatable bonds is 4. The largest absolute Gasteiger partial charge is 0.381 e. The minimum absolute atomic E-state index is 0.00287. The molecule has 1 saturated heterocycles. The lowest BCUT2D eigenvalue weighted by atomic mass is 10.1. The smallest absolute Gasteiger partial charge is 0.319 e. The molecule has 2 amide bonds. The van der Waals surface area contributed by atoms with E-state index in [2.05, 4.69) is 16.7 Å². The van der Waals surface area contributed by atoms with E-state index in [9.17, 15) is 9.18 Å². The van der Waals surface area contributed by atoms with E-state index in [0.29, 0.717) is 12.2 Å². The van der Waals surface area contributed by atoms with E-state index in [0.717, 1.165) is 31.5 Å². The van der Waals surface area contributed by atoms with E-state index in [4.69, 9.17) is 4.74 Å². The Morgan fingerprint density at radius 2 is 2.00 bits per heavy atom. The van der Waals surface area contributed by atoms with Crippen LogP contribution in [-0.2, 0) is 17.6 Å². The number of urea groups is 1. The van der Waals surface area contributed by atoms with Gasteiger partial charge in [-0.15, -0.1) is 0 Å². The number of amides is 2. The highest BCUT2D eigenvalue weighted by Crippen LogP contribution is 2.27. The van der Waals surface area contributed by atoms with Crippen molar-refractivity contribution in [2.24, 2.45) is 0 Å². The van der Waals surface area contributed by atoms with Crippen LogP contribution in [0.5, 0.6) is 0 Å². The number of fused-ring (bicyclic) bond motifs is 1. The van der Waals surface area contributed by atoms with E-state index >= 15 is 0 Å². The van der Waals surface area contributed by atoms with Gasteiger partial charge in [-0.25, -0.2) is 9.18 Å². The number of hydrogen-bond acceptors (Lipinski definition) is 3. The van der Waals surface area contributed by atoms with Gasteiger partial charge >= 0.3 is 6.03 Å². The van der Waals surface area contributed by atoms with Crippen LogP contribution < -0.4 is 15.5 Å². The van der Waals surface area contributed by atoms with Gasteiger partial charge < -0.3 is 20.3 Å². The maximum absolute atomic E-state index is 13.9. The van der Waals surface area contributed by atoms with Crippen LogP contribution in [0.4, 0.5) is 20.6 Å². The second-order valence-electron chi connectivity index (χ2n) is 7.23. The number of nitrogens with one attached hydrogen (secondary N) is 2. The molecule has 0 bridgehead atoms. The highest BCUT2D eigenvalue weighted by Gasteiger charge is 2.26. The molecule has 5 nitrogen and oxygen atoms in total. The molecular weight excluding hydrogens is 345 g/mol. The molecule has 2 atom stereocenters. The van der Waals surface area contributed by atoms with Gasteiger partial charge in [0.15, 0.2) is 0 Å². The van der Waals surface area contributed by atoms with E-state index in [1.807, 2.05) is 23.1 Å². The fourth-order valence-electron chi connectivity index (χ4n) is 3.98. The maximum Gasteiger partial charge on any atom is 0.319 e. The second-order valence-corrected chi connectivity index (χ2v) is 7.23. The predicted octanol–water partition coefficient (Wildman–Crippen LogP) is 3.34.